The maximum Gasteiger partial charge on any atom is 0.144 e. The highest BCUT2D eigenvalue weighted by molar-refractivity contribution is 6.30. The Labute approximate surface area is 168 Å². The normalized spacial score (nSPS) is 18.8. The number of aliphatic hydroxyl groups excluding tert-OH is 1. The Kier molecular flexibility index (Phi) is 10.5. The van der Waals surface area contributed by atoms with E-state index in [0.717, 1.165) is 48.5 Å². The molecule has 2 N–H and O–H groups in total. The molecule has 0 aromatic heterocycles. The Balaban J connectivity index is 1.77. The second kappa shape index (κ2) is 12.9. The molecule has 0 saturated heterocycles. The summed E-state index contributed by atoms with van der Waals surface area (Å²) in [6.07, 6.45) is 10.8. The van der Waals surface area contributed by atoms with Gasteiger partial charge in [0.25, 0.3) is 0 Å². The Morgan fingerprint density at radius 3 is 2.74 bits per heavy atom. The molecule has 1 aromatic rings. The predicted molar refractivity (Wildman–Crippen MR) is 114 cm³/mol. The van der Waals surface area contributed by atoms with Gasteiger partial charge in [-0.2, -0.15) is 0 Å². The first-order valence-corrected chi connectivity index (χ1v) is 10.6. The minimum atomic E-state index is -0.534. The van der Waals surface area contributed by atoms with Crippen LogP contribution in [0.5, 0.6) is 0 Å². The van der Waals surface area contributed by atoms with Crippen LogP contribution >= 0.6 is 11.6 Å². The van der Waals surface area contributed by atoms with Gasteiger partial charge in [0.2, 0.25) is 0 Å². The lowest BCUT2D eigenvalue weighted by Gasteiger charge is -2.17. The zero-order valence-corrected chi connectivity index (χ0v) is 17.2. The number of rotatable bonds is 11. The van der Waals surface area contributed by atoms with Crippen molar-refractivity contribution in [2.24, 2.45) is 5.16 Å². The molecule has 1 saturated carbocycles. The van der Waals surface area contributed by atoms with Crippen LogP contribution in [0.4, 0.5) is 0 Å². The van der Waals surface area contributed by atoms with Crippen LogP contribution in [0, 0.1) is 0 Å². The monoisotopic (exact) mass is 392 g/mol. The lowest BCUT2D eigenvalue weighted by atomic mass is 9.91. The standard InChI is InChI=1S/C22H33ClN2O2/c1-2-3-4-7-14-24-16-21(26)17-27-25-22-9-6-5-8-19(22)15-18-10-12-20(23)13-11-18/h10-13,15,21,24,26H,2-9,14,16-17H2,1H3. The van der Waals surface area contributed by atoms with Crippen LogP contribution in [-0.2, 0) is 4.84 Å². The summed E-state index contributed by atoms with van der Waals surface area (Å²) >= 11 is 5.96. The molecule has 0 aliphatic heterocycles. The Bertz CT molecular complexity index is 599. The summed E-state index contributed by atoms with van der Waals surface area (Å²) in [5.74, 6) is 0. The van der Waals surface area contributed by atoms with Gasteiger partial charge in [-0.05, 0) is 68.0 Å². The summed E-state index contributed by atoms with van der Waals surface area (Å²) in [7, 11) is 0. The third-order valence-corrected chi connectivity index (χ3v) is 4.97. The second-order valence-corrected chi connectivity index (χ2v) is 7.62. The van der Waals surface area contributed by atoms with E-state index in [0.29, 0.717) is 6.54 Å². The molecule has 1 aliphatic carbocycles. The average molecular weight is 393 g/mol. The van der Waals surface area contributed by atoms with Crippen LogP contribution < -0.4 is 5.32 Å². The van der Waals surface area contributed by atoms with Gasteiger partial charge in [-0.3, -0.25) is 0 Å². The summed E-state index contributed by atoms with van der Waals surface area (Å²) in [6.45, 7) is 3.92. The third-order valence-electron chi connectivity index (χ3n) is 4.72. The molecule has 0 bridgehead atoms. The third kappa shape index (κ3) is 8.91. The molecule has 1 atom stereocenters. The van der Waals surface area contributed by atoms with Gasteiger partial charge in [0.05, 0.1) is 5.71 Å². The quantitative estimate of drug-likeness (QED) is 0.402. The molecule has 1 aliphatic rings. The van der Waals surface area contributed by atoms with Crippen molar-refractivity contribution < 1.29 is 9.94 Å². The van der Waals surface area contributed by atoms with E-state index in [9.17, 15) is 5.11 Å². The molecule has 5 heteroatoms. The highest BCUT2D eigenvalue weighted by Crippen LogP contribution is 2.24. The van der Waals surface area contributed by atoms with E-state index < -0.39 is 6.10 Å². The molecule has 0 spiro atoms. The van der Waals surface area contributed by atoms with E-state index in [4.69, 9.17) is 16.4 Å². The molecule has 1 aromatic carbocycles. The fourth-order valence-corrected chi connectivity index (χ4v) is 3.26. The van der Waals surface area contributed by atoms with Crippen LogP contribution in [0.3, 0.4) is 0 Å². The van der Waals surface area contributed by atoms with Crippen molar-refractivity contribution in [2.45, 2.75) is 64.4 Å². The van der Waals surface area contributed by atoms with Crippen molar-refractivity contribution in [2.75, 3.05) is 19.7 Å². The molecule has 27 heavy (non-hydrogen) atoms. The van der Waals surface area contributed by atoms with E-state index in [2.05, 4.69) is 23.5 Å². The molecule has 1 fully saturated rings. The van der Waals surface area contributed by atoms with Gasteiger partial charge in [0, 0.05) is 11.6 Å². The molecular formula is C22H33ClN2O2. The summed E-state index contributed by atoms with van der Waals surface area (Å²) in [5.41, 5.74) is 3.33. The van der Waals surface area contributed by atoms with Crippen LogP contribution in [0.25, 0.3) is 6.08 Å². The number of unbranched alkanes of at least 4 members (excludes halogenated alkanes) is 3. The molecule has 0 heterocycles. The molecule has 150 valence electrons. The number of oxime groups is 1. The first kappa shape index (κ1) is 21.9. The molecule has 0 amide bonds. The molecule has 0 radical (unpaired) electrons. The van der Waals surface area contributed by atoms with Crippen LogP contribution in [0.1, 0.15) is 63.9 Å². The van der Waals surface area contributed by atoms with Gasteiger partial charge in [-0.25, -0.2) is 0 Å². The highest BCUT2D eigenvalue weighted by atomic mass is 35.5. The van der Waals surface area contributed by atoms with Crippen LogP contribution in [-0.4, -0.2) is 36.6 Å². The lowest BCUT2D eigenvalue weighted by molar-refractivity contribution is 0.0401. The van der Waals surface area contributed by atoms with Crippen molar-refractivity contribution in [3.63, 3.8) is 0 Å². The minimum absolute atomic E-state index is 0.222. The van der Waals surface area contributed by atoms with Crippen LogP contribution in [0.2, 0.25) is 5.02 Å². The number of hydrogen-bond donors (Lipinski definition) is 2. The molecule has 2 rings (SSSR count). The summed E-state index contributed by atoms with van der Waals surface area (Å²) in [6, 6.07) is 7.82. The maximum absolute atomic E-state index is 10.0. The number of hydrogen-bond acceptors (Lipinski definition) is 4. The van der Waals surface area contributed by atoms with Crippen molar-refractivity contribution in [3.05, 3.63) is 40.4 Å². The number of nitrogens with zero attached hydrogens (tertiary/aromatic N) is 1. The minimum Gasteiger partial charge on any atom is -0.393 e. The fraction of sp³-hybridized carbons (Fsp3) is 0.591. The zero-order valence-electron chi connectivity index (χ0n) is 16.4. The molecule has 1 unspecified atom stereocenters. The van der Waals surface area contributed by atoms with Crippen molar-refractivity contribution >= 4 is 23.4 Å². The van der Waals surface area contributed by atoms with Gasteiger partial charge >= 0.3 is 0 Å². The van der Waals surface area contributed by atoms with Gasteiger partial charge in [0.15, 0.2) is 0 Å². The van der Waals surface area contributed by atoms with Gasteiger partial charge in [-0.1, -0.05) is 55.1 Å². The first-order chi connectivity index (χ1) is 13.2. The Hall–Kier alpha value is -1.36. The van der Waals surface area contributed by atoms with Crippen LogP contribution in [0.15, 0.2) is 35.0 Å². The largest absolute Gasteiger partial charge is 0.393 e. The number of aliphatic hydroxyl groups is 1. The van der Waals surface area contributed by atoms with Gasteiger partial charge in [0.1, 0.15) is 12.7 Å². The topological polar surface area (TPSA) is 53.8 Å². The molecule has 4 nitrogen and oxygen atoms in total. The fourth-order valence-electron chi connectivity index (χ4n) is 3.14. The van der Waals surface area contributed by atoms with Gasteiger partial charge < -0.3 is 15.3 Å². The SMILES string of the molecule is CCCCCCNCC(O)CON=C1CCCCC1=Cc1ccc(Cl)cc1. The van der Waals surface area contributed by atoms with E-state index in [1.165, 1.54) is 31.3 Å². The Morgan fingerprint density at radius 1 is 1.19 bits per heavy atom. The molecular weight excluding hydrogens is 360 g/mol. The lowest BCUT2D eigenvalue weighted by Crippen LogP contribution is -2.30. The predicted octanol–water partition coefficient (Wildman–Crippen LogP) is 5.20. The summed E-state index contributed by atoms with van der Waals surface area (Å²) in [5, 5.41) is 18.4. The maximum atomic E-state index is 10.0. The summed E-state index contributed by atoms with van der Waals surface area (Å²) < 4.78 is 0. The van der Waals surface area contributed by atoms with Crippen molar-refractivity contribution in [3.8, 4) is 0 Å². The number of nitrogens with one attached hydrogen (secondary N) is 1. The number of benzene rings is 1. The van der Waals surface area contributed by atoms with Gasteiger partial charge in [-0.15, -0.1) is 0 Å². The van der Waals surface area contributed by atoms with E-state index >= 15 is 0 Å². The first-order valence-electron chi connectivity index (χ1n) is 10.2. The van der Waals surface area contributed by atoms with Crippen molar-refractivity contribution in [1.82, 2.24) is 5.32 Å². The van der Waals surface area contributed by atoms with E-state index in [-0.39, 0.29) is 6.61 Å². The number of allylic oxidation sites excluding steroid dienone is 1. The average Bonchev–Trinajstić information content (AvgIpc) is 2.68. The Morgan fingerprint density at radius 2 is 1.96 bits per heavy atom. The zero-order chi connectivity index (χ0) is 19.3. The van der Waals surface area contributed by atoms with E-state index in [1.807, 2.05) is 24.3 Å². The number of halogens is 1. The van der Waals surface area contributed by atoms with E-state index in [1.54, 1.807) is 0 Å². The smallest absolute Gasteiger partial charge is 0.144 e. The highest BCUT2D eigenvalue weighted by Gasteiger charge is 2.14. The second-order valence-electron chi connectivity index (χ2n) is 7.18. The summed E-state index contributed by atoms with van der Waals surface area (Å²) in [4.78, 5) is 5.45. The van der Waals surface area contributed by atoms with Crippen molar-refractivity contribution in [1.29, 1.82) is 0 Å².